The molecule has 3 rings (SSSR count). The molecular weight excluding hydrogens is 395 g/mol. The van der Waals surface area contributed by atoms with Gasteiger partial charge in [-0.15, -0.1) is 11.3 Å². The number of carbonyl (C=O) groups is 3. The fourth-order valence-corrected chi connectivity index (χ4v) is 3.74. The van der Waals surface area contributed by atoms with Gasteiger partial charge in [0.1, 0.15) is 10.8 Å². The lowest BCUT2D eigenvalue weighted by atomic mass is 10.1. The van der Waals surface area contributed by atoms with Crippen LogP contribution in [0.5, 0.6) is 0 Å². The van der Waals surface area contributed by atoms with Crippen LogP contribution in [0, 0.1) is 12.7 Å². The van der Waals surface area contributed by atoms with E-state index in [1.165, 1.54) is 31.4 Å². The minimum atomic E-state index is -0.664. The van der Waals surface area contributed by atoms with E-state index in [-0.39, 0.29) is 15.4 Å². The van der Waals surface area contributed by atoms with Gasteiger partial charge >= 0.3 is 5.97 Å². The lowest BCUT2D eigenvalue weighted by molar-refractivity contribution is 0.0601. The average molecular weight is 412 g/mol. The number of thiophene rings is 1. The van der Waals surface area contributed by atoms with Crippen molar-refractivity contribution in [2.24, 2.45) is 0 Å². The summed E-state index contributed by atoms with van der Waals surface area (Å²) in [4.78, 5) is 37.7. The molecule has 0 spiro atoms. The van der Waals surface area contributed by atoms with E-state index in [1.807, 2.05) is 0 Å². The second-order valence-electron chi connectivity index (χ2n) is 6.03. The van der Waals surface area contributed by atoms with Gasteiger partial charge in [-0.05, 0) is 48.9 Å². The van der Waals surface area contributed by atoms with Crippen LogP contribution in [0.2, 0.25) is 0 Å². The highest BCUT2D eigenvalue weighted by Crippen LogP contribution is 2.34. The first-order valence-electron chi connectivity index (χ1n) is 8.55. The van der Waals surface area contributed by atoms with Gasteiger partial charge in [-0.25, -0.2) is 9.18 Å². The summed E-state index contributed by atoms with van der Waals surface area (Å²) in [5, 5.41) is 5.54. The molecule has 0 atom stereocenters. The summed E-state index contributed by atoms with van der Waals surface area (Å²) in [5.74, 6) is -1.98. The second-order valence-corrected chi connectivity index (χ2v) is 7.05. The van der Waals surface area contributed by atoms with E-state index in [2.05, 4.69) is 10.6 Å². The number of benzene rings is 2. The van der Waals surface area contributed by atoms with Gasteiger partial charge in [0.2, 0.25) is 0 Å². The number of carbonyl (C=O) groups excluding carboxylic acids is 3. The number of esters is 1. The van der Waals surface area contributed by atoms with Crippen molar-refractivity contribution in [3.8, 4) is 0 Å². The van der Waals surface area contributed by atoms with Gasteiger partial charge < -0.3 is 15.4 Å². The maximum atomic E-state index is 13.1. The number of rotatable bonds is 5. The predicted molar refractivity (Wildman–Crippen MR) is 109 cm³/mol. The molecule has 2 aromatic carbocycles. The first kappa shape index (κ1) is 20.2. The summed E-state index contributed by atoms with van der Waals surface area (Å²) < 4.78 is 17.9. The summed E-state index contributed by atoms with van der Waals surface area (Å²) in [7, 11) is 1.22. The van der Waals surface area contributed by atoms with E-state index in [1.54, 1.807) is 37.3 Å². The van der Waals surface area contributed by atoms with E-state index in [4.69, 9.17) is 4.74 Å². The smallest absolute Gasteiger partial charge is 0.341 e. The molecule has 2 amide bonds. The first-order valence-corrected chi connectivity index (χ1v) is 9.37. The van der Waals surface area contributed by atoms with E-state index in [0.29, 0.717) is 16.8 Å². The number of hydrogen-bond acceptors (Lipinski definition) is 5. The van der Waals surface area contributed by atoms with E-state index in [9.17, 15) is 18.8 Å². The Morgan fingerprint density at radius 1 is 0.931 bits per heavy atom. The van der Waals surface area contributed by atoms with Crippen molar-refractivity contribution < 1.29 is 23.5 Å². The molecule has 3 aromatic rings. The van der Waals surface area contributed by atoms with E-state index in [0.717, 1.165) is 11.3 Å². The van der Waals surface area contributed by atoms with Crippen molar-refractivity contribution in [3.63, 3.8) is 0 Å². The highest BCUT2D eigenvalue weighted by atomic mass is 32.1. The number of amides is 2. The molecular formula is C21H17FN2O4S. The van der Waals surface area contributed by atoms with Gasteiger partial charge in [0, 0.05) is 11.3 Å². The fourth-order valence-electron chi connectivity index (χ4n) is 2.65. The quantitative estimate of drug-likeness (QED) is 0.605. The molecule has 8 heteroatoms. The molecule has 0 unspecified atom stereocenters. The number of ether oxygens (including phenoxy) is 1. The van der Waals surface area contributed by atoms with E-state index >= 15 is 0 Å². The summed E-state index contributed by atoms with van der Waals surface area (Å²) in [5.41, 5.74) is 1.31. The zero-order valence-corrected chi connectivity index (χ0v) is 16.4. The minimum absolute atomic E-state index is 0.117. The third kappa shape index (κ3) is 4.49. The normalized spacial score (nSPS) is 10.3. The number of halogens is 1. The van der Waals surface area contributed by atoms with Gasteiger partial charge in [0.25, 0.3) is 11.8 Å². The zero-order valence-electron chi connectivity index (χ0n) is 15.6. The van der Waals surface area contributed by atoms with Crippen molar-refractivity contribution in [2.45, 2.75) is 6.92 Å². The van der Waals surface area contributed by atoms with Crippen molar-refractivity contribution in [2.75, 3.05) is 17.7 Å². The lowest BCUT2D eigenvalue weighted by Gasteiger charge is -2.06. The van der Waals surface area contributed by atoms with Crippen LogP contribution in [0.1, 0.15) is 36.0 Å². The Hall–Kier alpha value is -3.52. The molecule has 148 valence electrons. The van der Waals surface area contributed by atoms with Crippen molar-refractivity contribution in [3.05, 3.63) is 82.0 Å². The standard InChI is InChI=1S/C21H17FN2O4S/c1-12-16(21(27)28-2)20(24-18(25)13-6-4-3-5-7-13)29-17(12)19(26)23-15-10-8-14(22)9-11-15/h3-11H,1-2H3,(H,23,26)(H,24,25). The average Bonchev–Trinajstić information content (AvgIpc) is 3.05. The Kier molecular flexibility index (Phi) is 6.04. The highest BCUT2D eigenvalue weighted by Gasteiger charge is 2.26. The third-order valence-electron chi connectivity index (χ3n) is 4.11. The molecule has 0 bridgehead atoms. The Labute approximate surface area is 170 Å². The maximum absolute atomic E-state index is 13.1. The number of hydrogen-bond donors (Lipinski definition) is 2. The summed E-state index contributed by atoms with van der Waals surface area (Å²) >= 11 is 0.964. The van der Waals surface area contributed by atoms with Crippen LogP contribution in [-0.2, 0) is 4.74 Å². The minimum Gasteiger partial charge on any atom is -0.465 e. The van der Waals surface area contributed by atoms with Crippen LogP contribution in [0.25, 0.3) is 0 Å². The number of nitrogens with one attached hydrogen (secondary N) is 2. The van der Waals surface area contributed by atoms with Gasteiger partial charge in [-0.2, -0.15) is 0 Å². The largest absolute Gasteiger partial charge is 0.465 e. The van der Waals surface area contributed by atoms with Crippen LogP contribution < -0.4 is 10.6 Å². The molecule has 1 heterocycles. The van der Waals surface area contributed by atoms with Crippen molar-refractivity contribution in [1.29, 1.82) is 0 Å². The Balaban J connectivity index is 1.92. The Morgan fingerprint density at radius 3 is 2.21 bits per heavy atom. The fraction of sp³-hybridized carbons (Fsp3) is 0.0952. The summed E-state index contributed by atoms with van der Waals surface area (Å²) in [6, 6.07) is 13.8. The van der Waals surface area contributed by atoms with Gasteiger partial charge in [0.15, 0.2) is 0 Å². The van der Waals surface area contributed by atoms with Crippen LogP contribution in [0.4, 0.5) is 15.1 Å². The van der Waals surface area contributed by atoms with Gasteiger partial charge in [-0.3, -0.25) is 9.59 Å². The van der Waals surface area contributed by atoms with Crippen LogP contribution in [0.15, 0.2) is 54.6 Å². The molecule has 1 aromatic heterocycles. The number of methoxy groups -OCH3 is 1. The molecule has 0 aliphatic heterocycles. The Bertz CT molecular complexity index is 1060. The summed E-state index contributed by atoms with van der Waals surface area (Å²) in [6.45, 7) is 1.60. The molecule has 0 aliphatic rings. The lowest BCUT2D eigenvalue weighted by Crippen LogP contribution is -2.14. The van der Waals surface area contributed by atoms with Crippen LogP contribution in [0.3, 0.4) is 0 Å². The molecule has 2 N–H and O–H groups in total. The number of anilines is 2. The zero-order chi connectivity index (χ0) is 21.0. The molecule has 0 radical (unpaired) electrons. The van der Waals surface area contributed by atoms with Gasteiger partial charge in [0.05, 0.1) is 17.6 Å². The second kappa shape index (κ2) is 8.66. The monoisotopic (exact) mass is 412 g/mol. The SMILES string of the molecule is COC(=O)c1c(NC(=O)c2ccccc2)sc(C(=O)Nc2ccc(F)cc2)c1C. The summed E-state index contributed by atoms with van der Waals surface area (Å²) in [6.07, 6.45) is 0. The molecule has 6 nitrogen and oxygen atoms in total. The van der Waals surface area contributed by atoms with E-state index < -0.39 is 23.6 Å². The molecule has 0 fully saturated rings. The maximum Gasteiger partial charge on any atom is 0.341 e. The predicted octanol–water partition coefficient (Wildman–Crippen LogP) is 4.49. The molecule has 0 saturated heterocycles. The third-order valence-corrected chi connectivity index (χ3v) is 5.31. The van der Waals surface area contributed by atoms with Crippen molar-refractivity contribution >= 4 is 39.8 Å². The molecule has 0 saturated carbocycles. The first-order chi connectivity index (χ1) is 13.9. The van der Waals surface area contributed by atoms with Crippen molar-refractivity contribution in [1.82, 2.24) is 0 Å². The molecule has 29 heavy (non-hydrogen) atoms. The topological polar surface area (TPSA) is 84.5 Å². The highest BCUT2D eigenvalue weighted by molar-refractivity contribution is 7.19. The van der Waals surface area contributed by atoms with Gasteiger partial charge in [-0.1, -0.05) is 18.2 Å². The Morgan fingerprint density at radius 2 is 1.59 bits per heavy atom. The van der Waals surface area contributed by atoms with Crippen LogP contribution in [-0.4, -0.2) is 24.9 Å². The molecule has 0 aliphatic carbocycles. The van der Waals surface area contributed by atoms with Crippen LogP contribution >= 0.6 is 11.3 Å².